The maximum atomic E-state index is 12.8. The van der Waals surface area contributed by atoms with Crippen LogP contribution >= 0.6 is 0 Å². The normalized spacial score (nSPS) is 11.6. The fourth-order valence-electron chi connectivity index (χ4n) is 2.39. The van der Waals surface area contributed by atoms with Gasteiger partial charge in [0.2, 0.25) is 5.78 Å². The van der Waals surface area contributed by atoms with Crippen LogP contribution in [0.4, 0.5) is 0 Å². The molecule has 1 aromatic carbocycles. The number of hydrogen-bond donors (Lipinski definition) is 0. The first kappa shape index (κ1) is 14.5. The molecule has 0 amide bonds. The Morgan fingerprint density at radius 1 is 1.20 bits per heavy atom. The molecule has 0 spiro atoms. The Morgan fingerprint density at radius 2 is 1.90 bits per heavy atom. The van der Waals surface area contributed by atoms with Gasteiger partial charge in [-0.05, 0) is 23.5 Å². The summed E-state index contributed by atoms with van der Waals surface area (Å²) < 4.78 is 1.79. The molecule has 2 rings (SSSR count). The molecule has 106 valence electrons. The summed E-state index contributed by atoms with van der Waals surface area (Å²) in [5.41, 5.74) is 2.47. The smallest absolute Gasteiger partial charge is 0.211 e. The van der Waals surface area contributed by atoms with E-state index in [1.807, 2.05) is 24.3 Å². The largest absolute Gasteiger partial charge is 0.287 e. The fraction of sp³-hybridized carbons (Fsp3) is 0.412. The van der Waals surface area contributed by atoms with Gasteiger partial charge in [-0.2, -0.15) is 5.10 Å². The zero-order valence-corrected chi connectivity index (χ0v) is 12.7. The SMILES string of the molecule is CCCn1nccc1C(=O)c1ccccc1C(C)(C)C. The summed E-state index contributed by atoms with van der Waals surface area (Å²) >= 11 is 0. The van der Waals surface area contributed by atoms with E-state index in [0.717, 1.165) is 24.1 Å². The summed E-state index contributed by atoms with van der Waals surface area (Å²) in [4.78, 5) is 12.8. The van der Waals surface area contributed by atoms with Gasteiger partial charge in [0.25, 0.3) is 0 Å². The highest BCUT2D eigenvalue weighted by atomic mass is 16.1. The molecule has 0 aliphatic rings. The van der Waals surface area contributed by atoms with Gasteiger partial charge in [0.05, 0.1) is 0 Å². The first-order valence-corrected chi connectivity index (χ1v) is 7.11. The molecule has 0 aliphatic heterocycles. The monoisotopic (exact) mass is 270 g/mol. The summed E-state index contributed by atoms with van der Waals surface area (Å²) in [6, 6.07) is 9.65. The van der Waals surface area contributed by atoms with E-state index >= 15 is 0 Å². The van der Waals surface area contributed by atoms with Crippen LogP contribution in [0.2, 0.25) is 0 Å². The van der Waals surface area contributed by atoms with Gasteiger partial charge in [-0.1, -0.05) is 52.0 Å². The molecule has 1 aromatic heterocycles. The lowest BCUT2D eigenvalue weighted by Crippen LogP contribution is -2.19. The quantitative estimate of drug-likeness (QED) is 0.792. The lowest BCUT2D eigenvalue weighted by molar-refractivity contribution is 0.102. The summed E-state index contributed by atoms with van der Waals surface area (Å²) in [5, 5.41) is 4.24. The number of hydrogen-bond acceptors (Lipinski definition) is 2. The third-order valence-corrected chi connectivity index (χ3v) is 3.36. The van der Waals surface area contributed by atoms with Crippen LogP contribution in [0.25, 0.3) is 0 Å². The van der Waals surface area contributed by atoms with Gasteiger partial charge in [0.15, 0.2) is 0 Å². The molecular formula is C17H22N2O. The van der Waals surface area contributed by atoms with Gasteiger partial charge in [-0.15, -0.1) is 0 Å². The molecule has 0 aliphatic carbocycles. The summed E-state index contributed by atoms with van der Waals surface area (Å²) in [5.74, 6) is 0.0569. The number of ketones is 1. The van der Waals surface area contributed by atoms with Crippen LogP contribution in [0.5, 0.6) is 0 Å². The molecule has 20 heavy (non-hydrogen) atoms. The van der Waals surface area contributed by atoms with E-state index in [9.17, 15) is 4.79 Å². The Kier molecular flexibility index (Phi) is 4.07. The van der Waals surface area contributed by atoms with Crippen LogP contribution < -0.4 is 0 Å². The van der Waals surface area contributed by atoms with Crippen molar-refractivity contribution in [3.05, 3.63) is 53.3 Å². The second-order valence-corrected chi connectivity index (χ2v) is 6.06. The van der Waals surface area contributed by atoms with E-state index in [4.69, 9.17) is 0 Å². The van der Waals surface area contributed by atoms with Crippen LogP contribution in [0.15, 0.2) is 36.5 Å². The Bertz CT molecular complexity index is 605. The molecule has 1 heterocycles. The predicted octanol–water partition coefficient (Wildman–Crippen LogP) is 3.82. The first-order valence-electron chi connectivity index (χ1n) is 7.11. The fourth-order valence-corrected chi connectivity index (χ4v) is 2.39. The van der Waals surface area contributed by atoms with Crippen LogP contribution in [0.1, 0.15) is 55.7 Å². The number of aromatic nitrogens is 2. The topological polar surface area (TPSA) is 34.9 Å². The lowest BCUT2D eigenvalue weighted by Gasteiger charge is -2.22. The minimum absolute atomic E-state index is 0.0537. The van der Waals surface area contributed by atoms with E-state index in [1.54, 1.807) is 16.9 Å². The maximum absolute atomic E-state index is 12.8. The van der Waals surface area contributed by atoms with Crippen LogP contribution in [-0.4, -0.2) is 15.6 Å². The zero-order valence-electron chi connectivity index (χ0n) is 12.7. The van der Waals surface area contributed by atoms with Gasteiger partial charge in [0.1, 0.15) is 5.69 Å². The van der Waals surface area contributed by atoms with Gasteiger partial charge >= 0.3 is 0 Å². The summed E-state index contributed by atoms with van der Waals surface area (Å²) in [7, 11) is 0. The average molecular weight is 270 g/mol. The molecule has 3 heteroatoms. The molecule has 0 bridgehead atoms. The van der Waals surface area contributed by atoms with E-state index < -0.39 is 0 Å². The molecule has 0 atom stereocenters. The molecule has 0 saturated heterocycles. The van der Waals surface area contributed by atoms with Gasteiger partial charge in [-0.25, -0.2) is 0 Å². The van der Waals surface area contributed by atoms with Crippen molar-refractivity contribution in [3.8, 4) is 0 Å². The van der Waals surface area contributed by atoms with Crippen molar-refractivity contribution < 1.29 is 4.79 Å². The van der Waals surface area contributed by atoms with Gasteiger partial charge in [0, 0.05) is 18.3 Å². The molecular weight excluding hydrogens is 248 g/mol. The van der Waals surface area contributed by atoms with Gasteiger partial charge < -0.3 is 0 Å². The number of nitrogens with zero attached hydrogens (tertiary/aromatic N) is 2. The number of rotatable bonds is 4. The number of benzene rings is 1. The first-order chi connectivity index (χ1) is 9.45. The Morgan fingerprint density at radius 3 is 2.55 bits per heavy atom. The zero-order chi connectivity index (χ0) is 14.8. The van der Waals surface area contributed by atoms with Crippen molar-refractivity contribution in [2.75, 3.05) is 0 Å². The minimum atomic E-state index is -0.0537. The third-order valence-electron chi connectivity index (χ3n) is 3.36. The van der Waals surface area contributed by atoms with Crippen molar-refractivity contribution >= 4 is 5.78 Å². The highest BCUT2D eigenvalue weighted by molar-refractivity contribution is 6.09. The molecule has 3 nitrogen and oxygen atoms in total. The predicted molar refractivity (Wildman–Crippen MR) is 81.1 cm³/mol. The Hall–Kier alpha value is -1.90. The second kappa shape index (κ2) is 5.61. The van der Waals surface area contributed by atoms with Crippen molar-refractivity contribution in [3.63, 3.8) is 0 Å². The summed E-state index contributed by atoms with van der Waals surface area (Å²) in [6.45, 7) is 9.23. The Balaban J connectivity index is 2.46. The average Bonchev–Trinajstić information content (AvgIpc) is 2.85. The van der Waals surface area contributed by atoms with Crippen molar-refractivity contribution in [1.82, 2.24) is 9.78 Å². The molecule has 0 fully saturated rings. The van der Waals surface area contributed by atoms with Crippen molar-refractivity contribution in [2.24, 2.45) is 0 Å². The standard InChI is InChI=1S/C17H22N2O/c1-5-12-19-15(10-11-18-19)16(20)13-8-6-7-9-14(13)17(2,3)4/h6-11H,5,12H2,1-4H3. The number of aryl methyl sites for hydroxylation is 1. The molecule has 0 radical (unpaired) electrons. The van der Waals surface area contributed by atoms with Crippen LogP contribution in [-0.2, 0) is 12.0 Å². The van der Waals surface area contributed by atoms with E-state index in [2.05, 4.69) is 32.8 Å². The third kappa shape index (κ3) is 2.82. The molecule has 2 aromatic rings. The molecule has 0 unspecified atom stereocenters. The minimum Gasteiger partial charge on any atom is -0.287 e. The van der Waals surface area contributed by atoms with Crippen molar-refractivity contribution in [1.29, 1.82) is 0 Å². The van der Waals surface area contributed by atoms with Gasteiger partial charge in [-0.3, -0.25) is 9.48 Å². The number of carbonyl (C=O) groups excluding carboxylic acids is 1. The number of carbonyl (C=O) groups is 1. The highest BCUT2D eigenvalue weighted by Gasteiger charge is 2.23. The molecule has 0 N–H and O–H groups in total. The maximum Gasteiger partial charge on any atom is 0.211 e. The van der Waals surface area contributed by atoms with E-state index in [0.29, 0.717) is 5.69 Å². The van der Waals surface area contributed by atoms with Crippen LogP contribution in [0.3, 0.4) is 0 Å². The van der Waals surface area contributed by atoms with E-state index in [-0.39, 0.29) is 11.2 Å². The van der Waals surface area contributed by atoms with Crippen molar-refractivity contribution in [2.45, 2.75) is 46.1 Å². The van der Waals surface area contributed by atoms with E-state index in [1.165, 1.54) is 0 Å². The Labute approximate surface area is 120 Å². The lowest BCUT2D eigenvalue weighted by atomic mass is 9.82. The highest BCUT2D eigenvalue weighted by Crippen LogP contribution is 2.27. The summed E-state index contributed by atoms with van der Waals surface area (Å²) in [6.07, 6.45) is 2.66. The second-order valence-electron chi connectivity index (χ2n) is 6.06. The molecule has 0 saturated carbocycles. The van der Waals surface area contributed by atoms with Crippen LogP contribution in [0, 0.1) is 0 Å².